The van der Waals surface area contributed by atoms with Crippen molar-refractivity contribution in [3.8, 4) is 22.8 Å². The molecule has 15 nitrogen and oxygen atoms in total. The first-order valence-electron chi connectivity index (χ1n) is 17.6. The zero-order valence-corrected chi connectivity index (χ0v) is 32.5. The molecule has 0 saturated carbocycles. The van der Waals surface area contributed by atoms with Gasteiger partial charge in [0.05, 0.1) is 34.8 Å². The lowest BCUT2D eigenvalue weighted by Gasteiger charge is -2.27. The highest BCUT2D eigenvalue weighted by Crippen LogP contribution is 2.35. The molecule has 3 aromatic carbocycles. The molecule has 1 aliphatic heterocycles. The largest absolute Gasteiger partial charge is 0.508 e. The minimum absolute atomic E-state index is 0.0136. The second-order valence-electron chi connectivity index (χ2n) is 13.4. The summed E-state index contributed by atoms with van der Waals surface area (Å²) in [5, 5.41) is 27.5. The van der Waals surface area contributed by atoms with Crippen molar-refractivity contribution in [2.24, 2.45) is 0 Å². The van der Waals surface area contributed by atoms with Crippen LogP contribution in [-0.2, 0) is 30.4 Å². The van der Waals surface area contributed by atoms with Crippen LogP contribution in [0.2, 0.25) is 10.0 Å². The summed E-state index contributed by atoms with van der Waals surface area (Å²) in [6.45, 7) is 4.25. The van der Waals surface area contributed by atoms with Crippen LogP contribution in [0.25, 0.3) is 11.3 Å². The van der Waals surface area contributed by atoms with Gasteiger partial charge in [0.25, 0.3) is 11.8 Å². The van der Waals surface area contributed by atoms with Gasteiger partial charge in [-0.25, -0.2) is 4.98 Å². The predicted molar refractivity (Wildman–Crippen MR) is 207 cm³/mol. The number of carbonyl (C=O) groups excluding carboxylic acids is 5. The van der Waals surface area contributed by atoms with Crippen LogP contribution in [0.5, 0.6) is 11.5 Å². The van der Waals surface area contributed by atoms with Crippen molar-refractivity contribution in [1.29, 1.82) is 0 Å². The van der Waals surface area contributed by atoms with Gasteiger partial charge in [-0.05, 0) is 61.4 Å². The number of phenols is 1. The van der Waals surface area contributed by atoms with Crippen LogP contribution in [0.15, 0.2) is 94.7 Å². The second-order valence-corrected chi connectivity index (χ2v) is 14.2. The maximum atomic E-state index is 14.4. The number of aliphatic carboxylic acids is 1. The van der Waals surface area contributed by atoms with Gasteiger partial charge in [-0.15, -0.1) is 0 Å². The number of amides is 4. The number of halogens is 2. The number of aromatic nitrogens is 1. The van der Waals surface area contributed by atoms with Crippen LogP contribution in [-0.4, -0.2) is 86.3 Å². The van der Waals surface area contributed by atoms with Gasteiger partial charge < -0.3 is 40.2 Å². The highest BCUT2D eigenvalue weighted by atomic mass is 35.5. The SMILES string of the molecule is CC(=O)N[C@@H](Cc1ccc(O)cc1)C(=O)NC(C(=O)N1CC(Oc2ccccc2)C[C@H]1C(=O)N[C@@H](CC(=O)O)C(=O)c1ncc(-c2c(Cl)cccc2Cl)o1)=C(C)C. The monoisotopic (exact) mass is 819 g/mol. The van der Waals surface area contributed by atoms with E-state index in [0.717, 1.165) is 0 Å². The summed E-state index contributed by atoms with van der Waals surface area (Å²) < 4.78 is 11.8. The molecule has 0 spiro atoms. The van der Waals surface area contributed by atoms with Gasteiger partial charge in [0.2, 0.25) is 23.5 Å². The van der Waals surface area contributed by atoms with Crippen molar-refractivity contribution in [3.63, 3.8) is 0 Å². The van der Waals surface area contributed by atoms with E-state index in [1.807, 2.05) is 0 Å². The van der Waals surface area contributed by atoms with Gasteiger partial charge in [-0.3, -0.25) is 28.8 Å². The first-order chi connectivity index (χ1) is 27.1. The van der Waals surface area contributed by atoms with Gasteiger partial charge in [0, 0.05) is 19.8 Å². The summed E-state index contributed by atoms with van der Waals surface area (Å²) in [4.78, 5) is 85.1. The average Bonchev–Trinajstić information content (AvgIpc) is 3.81. The van der Waals surface area contributed by atoms with Crippen molar-refractivity contribution >= 4 is 58.6 Å². The Morgan fingerprint density at radius 2 is 1.58 bits per heavy atom. The number of Topliss-reactive ketones (excluding diaryl/α,β-unsaturated/α-hetero) is 1. The van der Waals surface area contributed by atoms with Crippen LogP contribution < -0.4 is 20.7 Å². The lowest BCUT2D eigenvalue weighted by Crippen LogP contribution is -2.53. The number of carbonyl (C=O) groups is 6. The van der Waals surface area contributed by atoms with Crippen molar-refractivity contribution in [3.05, 3.63) is 112 Å². The van der Waals surface area contributed by atoms with E-state index < -0.39 is 71.9 Å². The summed E-state index contributed by atoms with van der Waals surface area (Å²) in [6.07, 6.45) is -0.465. The maximum absolute atomic E-state index is 14.4. The zero-order valence-electron chi connectivity index (χ0n) is 31.0. The zero-order chi connectivity index (χ0) is 41.4. The van der Waals surface area contributed by atoms with E-state index in [1.54, 1.807) is 74.5 Å². The van der Waals surface area contributed by atoms with E-state index in [1.165, 1.54) is 30.2 Å². The summed E-state index contributed by atoms with van der Waals surface area (Å²) in [5.74, 6) is -5.30. The Kier molecular flexibility index (Phi) is 13.7. The van der Waals surface area contributed by atoms with Gasteiger partial charge in [0.1, 0.15) is 41.4 Å². The minimum Gasteiger partial charge on any atom is -0.508 e. The van der Waals surface area contributed by atoms with E-state index in [2.05, 4.69) is 20.9 Å². The Morgan fingerprint density at radius 3 is 2.19 bits per heavy atom. The van der Waals surface area contributed by atoms with E-state index in [0.29, 0.717) is 16.9 Å². The third-order valence-electron chi connectivity index (χ3n) is 8.84. The first-order valence-corrected chi connectivity index (χ1v) is 18.4. The third kappa shape index (κ3) is 10.8. The lowest BCUT2D eigenvalue weighted by atomic mass is 10.0. The van der Waals surface area contributed by atoms with Crippen molar-refractivity contribution in [2.75, 3.05) is 6.54 Å². The summed E-state index contributed by atoms with van der Waals surface area (Å²) in [7, 11) is 0. The molecule has 1 unspecified atom stereocenters. The molecule has 5 N–H and O–H groups in total. The number of hydrogen-bond acceptors (Lipinski definition) is 10. The van der Waals surface area contributed by atoms with Gasteiger partial charge >= 0.3 is 5.97 Å². The van der Waals surface area contributed by atoms with Crippen LogP contribution >= 0.6 is 23.2 Å². The number of carboxylic acid groups (broad SMARTS) is 1. The molecular formula is C40H39Cl2N5O10. The Bertz CT molecular complexity index is 2170. The molecule has 4 aromatic rings. The first kappa shape index (κ1) is 42.0. The topological polar surface area (TPSA) is 217 Å². The second kappa shape index (κ2) is 18.6. The fourth-order valence-corrected chi connectivity index (χ4v) is 6.74. The number of likely N-dealkylation sites (tertiary alicyclic amines) is 1. The fraction of sp³-hybridized carbons (Fsp3) is 0.275. The Balaban J connectivity index is 1.41. The maximum Gasteiger partial charge on any atom is 0.305 e. The van der Waals surface area contributed by atoms with Crippen LogP contribution in [0.3, 0.4) is 0 Å². The Hall–Kier alpha value is -6.19. The van der Waals surface area contributed by atoms with Crippen molar-refractivity contribution in [2.45, 2.75) is 64.3 Å². The molecule has 1 fully saturated rings. The number of allylic oxidation sites excluding steroid dienone is 1. The minimum atomic E-state index is -1.69. The molecule has 1 aromatic heterocycles. The fourth-order valence-electron chi connectivity index (χ4n) is 6.15. The Morgan fingerprint density at radius 1 is 0.912 bits per heavy atom. The van der Waals surface area contributed by atoms with E-state index in [9.17, 15) is 39.0 Å². The van der Waals surface area contributed by atoms with Crippen molar-refractivity contribution < 1.29 is 48.1 Å². The number of nitrogens with one attached hydrogen (secondary N) is 3. The number of nitrogens with zero attached hydrogens (tertiary/aromatic N) is 2. The molecule has 5 rings (SSSR count). The number of para-hydroxylation sites is 1. The molecule has 0 aliphatic carbocycles. The molecule has 0 bridgehead atoms. The third-order valence-corrected chi connectivity index (χ3v) is 9.47. The van der Waals surface area contributed by atoms with E-state index in [-0.39, 0.29) is 52.2 Å². The highest BCUT2D eigenvalue weighted by molar-refractivity contribution is 6.39. The number of aromatic hydroxyl groups is 1. The highest BCUT2D eigenvalue weighted by Gasteiger charge is 2.44. The number of phenolic OH excluding ortho intramolecular Hbond substituents is 1. The van der Waals surface area contributed by atoms with Crippen LogP contribution in [0.1, 0.15) is 49.9 Å². The molecule has 4 amide bonds. The number of hydrogen-bond donors (Lipinski definition) is 5. The van der Waals surface area contributed by atoms with E-state index in [4.69, 9.17) is 32.4 Å². The predicted octanol–water partition coefficient (Wildman–Crippen LogP) is 4.70. The van der Waals surface area contributed by atoms with Crippen LogP contribution in [0, 0.1) is 0 Å². The quantitative estimate of drug-likeness (QED) is 0.0818. The average molecular weight is 821 g/mol. The van der Waals surface area contributed by atoms with Crippen molar-refractivity contribution in [1.82, 2.24) is 25.8 Å². The summed E-state index contributed by atoms with van der Waals surface area (Å²) in [6, 6.07) is 15.3. The van der Waals surface area contributed by atoms with Gasteiger partial charge in [-0.1, -0.05) is 59.6 Å². The number of ether oxygens (including phenoxy) is 1. The Labute approximate surface area is 337 Å². The molecule has 57 heavy (non-hydrogen) atoms. The van der Waals surface area contributed by atoms with Crippen LogP contribution in [0.4, 0.5) is 0 Å². The number of benzene rings is 3. The smallest absolute Gasteiger partial charge is 0.305 e. The van der Waals surface area contributed by atoms with Gasteiger partial charge in [-0.2, -0.15) is 0 Å². The normalized spacial score (nSPS) is 15.8. The molecule has 4 atom stereocenters. The van der Waals surface area contributed by atoms with Gasteiger partial charge in [0.15, 0.2) is 5.76 Å². The standard InChI is InChI=1S/C40H39Cl2N5O10/c1-21(2)35(46-37(53)30(44-22(3)48)16-23-12-14-24(49)15-13-23)40(55)47-20-26(56-25-8-5-4-6-9-25)17-31(47)38(54)45-29(18-33(50)51)36(52)39-43-19-32(57-39)34-27(41)10-7-11-28(34)42/h4-15,19,26,29-31,49H,16-18,20H2,1-3H3,(H,44,48)(H,45,54)(H,46,53)(H,50,51)/t26?,29-,30-,31-/m0/s1. The number of carboxylic acids is 1. The lowest BCUT2D eigenvalue weighted by molar-refractivity contribution is -0.139. The molecule has 17 heteroatoms. The molecule has 1 saturated heterocycles. The summed E-state index contributed by atoms with van der Waals surface area (Å²) >= 11 is 12.6. The molecule has 2 heterocycles. The molecular weight excluding hydrogens is 781 g/mol. The number of ketones is 1. The number of oxazole rings is 1. The van der Waals surface area contributed by atoms with E-state index >= 15 is 0 Å². The molecule has 298 valence electrons. The summed E-state index contributed by atoms with van der Waals surface area (Å²) in [5.41, 5.74) is 1.05. The molecule has 1 aliphatic rings. The molecule has 0 radical (unpaired) electrons. The number of rotatable bonds is 15.